The molecule has 2 aromatic carbocycles. The van der Waals surface area contributed by atoms with Crippen LogP contribution in [-0.4, -0.2) is 31.7 Å². The fourth-order valence-corrected chi connectivity index (χ4v) is 4.26. The van der Waals surface area contributed by atoms with Crippen molar-refractivity contribution in [2.75, 3.05) is 25.1 Å². The average Bonchev–Trinajstić information content (AvgIpc) is 3.25. The van der Waals surface area contributed by atoms with Crippen LogP contribution in [0.15, 0.2) is 36.4 Å². The summed E-state index contributed by atoms with van der Waals surface area (Å²) in [6.07, 6.45) is 3.28. The molecule has 6 heteroatoms. The number of fused-ring (bicyclic) bond motifs is 1. The van der Waals surface area contributed by atoms with Crippen LogP contribution in [0.3, 0.4) is 0 Å². The van der Waals surface area contributed by atoms with Crippen molar-refractivity contribution in [3.8, 4) is 11.5 Å². The number of amides is 1. The van der Waals surface area contributed by atoms with E-state index < -0.39 is 5.41 Å². The van der Waals surface area contributed by atoms with Crippen LogP contribution in [-0.2, 0) is 19.7 Å². The van der Waals surface area contributed by atoms with Crippen LogP contribution in [0.25, 0.3) is 0 Å². The van der Waals surface area contributed by atoms with Crippen LogP contribution in [0.5, 0.6) is 11.5 Å². The molecule has 1 aliphatic heterocycles. The van der Waals surface area contributed by atoms with Crippen molar-refractivity contribution in [2.45, 2.75) is 44.9 Å². The van der Waals surface area contributed by atoms with E-state index >= 15 is 0 Å². The zero-order chi connectivity index (χ0) is 21.1. The van der Waals surface area contributed by atoms with E-state index in [2.05, 4.69) is 5.32 Å². The lowest BCUT2D eigenvalue weighted by Crippen LogP contribution is -2.36. The summed E-state index contributed by atoms with van der Waals surface area (Å²) in [5.74, 6) is 0.657. The molecule has 1 amide bonds. The number of aryl methyl sites for hydroxylation is 2. The summed E-state index contributed by atoms with van der Waals surface area (Å²) >= 11 is 0. The first kappa shape index (κ1) is 20.3. The van der Waals surface area contributed by atoms with E-state index in [1.54, 1.807) is 0 Å². The van der Waals surface area contributed by atoms with Crippen LogP contribution in [0, 0.1) is 13.8 Å². The summed E-state index contributed by atoms with van der Waals surface area (Å²) in [7, 11) is 0. The van der Waals surface area contributed by atoms with E-state index in [-0.39, 0.29) is 18.5 Å². The topological polar surface area (TPSA) is 73.9 Å². The second kappa shape index (κ2) is 8.38. The maximum atomic E-state index is 13.1. The number of anilines is 1. The lowest BCUT2D eigenvalue weighted by atomic mass is 9.78. The second-order valence-corrected chi connectivity index (χ2v) is 8.09. The highest BCUT2D eigenvalue weighted by atomic mass is 16.6. The highest BCUT2D eigenvalue weighted by Gasteiger charge is 2.45. The summed E-state index contributed by atoms with van der Waals surface area (Å²) in [4.78, 5) is 25.5. The highest BCUT2D eigenvalue weighted by Crippen LogP contribution is 2.45. The Kier molecular flexibility index (Phi) is 5.66. The molecule has 0 saturated heterocycles. The number of nitrogens with one attached hydrogen (secondary N) is 1. The van der Waals surface area contributed by atoms with Gasteiger partial charge in [0.15, 0.2) is 18.1 Å². The largest absolute Gasteiger partial charge is 0.486 e. The molecule has 2 aromatic rings. The van der Waals surface area contributed by atoms with Crippen molar-refractivity contribution in [3.63, 3.8) is 0 Å². The van der Waals surface area contributed by atoms with E-state index in [0.29, 0.717) is 37.6 Å². The molecule has 6 nitrogen and oxygen atoms in total. The van der Waals surface area contributed by atoms with Gasteiger partial charge in [-0.15, -0.1) is 0 Å². The van der Waals surface area contributed by atoms with Gasteiger partial charge in [0.25, 0.3) is 5.91 Å². The minimum absolute atomic E-state index is 0.307. The third kappa shape index (κ3) is 3.99. The first-order valence-electron chi connectivity index (χ1n) is 10.4. The lowest BCUT2D eigenvalue weighted by molar-refractivity contribution is -0.153. The third-order valence-corrected chi connectivity index (χ3v) is 5.94. The highest BCUT2D eigenvalue weighted by molar-refractivity contribution is 5.94. The average molecular weight is 409 g/mol. The number of carbonyl (C=O) groups is 2. The molecule has 0 atom stereocenters. The molecular formula is C24H27NO5. The molecule has 1 heterocycles. The Morgan fingerprint density at radius 2 is 1.73 bits per heavy atom. The predicted octanol–water partition coefficient (Wildman–Crippen LogP) is 4.07. The molecule has 1 fully saturated rings. The quantitative estimate of drug-likeness (QED) is 0.754. The van der Waals surface area contributed by atoms with Crippen molar-refractivity contribution < 1.29 is 23.8 Å². The molecule has 0 bridgehead atoms. The molecule has 158 valence electrons. The van der Waals surface area contributed by atoms with Crippen LogP contribution < -0.4 is 14.8 Å². The van der Waals surface area contributed by atoms with Crippen LogP contribution in [0.4, 0.5) is 5.69 Å². The molecule has 4 rings (SSSR count). The fraction of sp³-hybridized carbons (Fsp3) is 0.417. The van der Waals surface area contributed by atoms with E-state index in [1.807, 2.05) is 50.2 Å². The molecule has 2 aliphatic rings. The normalized spacial score (nSPS) is 16.7. The number of rotatable bonds is 5. The fourth-order valence-electron chi connectivity index (χ4n) is 4.26. The molecule has 0 radical (unpaired) electrons. The Hall–Kier alpha value is -3.02. The number of hydrogen-bond donors (Lipinski definition) is 1. The van der Waals surface area contributed by atoms with Crippen molar-refractivity contribution in [3.05, 3.63) is 53.1 Å². The van der Waals surface area contributed by atoms with Crippen molar-refractivity contribution in [1.82, 2.24) is 0 Å². The van der Waals surface area contributed by atoms with Crippen LogP contribution >= 0.6 is 0 Å². The predicted molar refractivity (Wildman–Crippen MR) is 113 cm³/mol. The molecule has 1 aliphatic carbocycles. The van der Waals surface area contributed by atoms with Gasteiger partial charge in [-0.2, -0.15) is 0 Å². The Labute approximate surface area is 176 Å². The summed E-state index contributed by atoms with van der Waals surface area (Å²) in [5, 5.41) is 2.84. The maximum absolute atomic E-state index is 13.1. The van der Waals surface area contributed by atoms with Gasteiger partial charge in [0.1, 0.15) is 13.2 Å². The van der Waals surface area contributed by atoms with Gasteiger partial charge in [-0.05, 0) is 61.6 Å². The lowest BCUT2D eigenvalue weighted by Gasteiger charge is -2.28. The van der Waals surface area contributed by atoms with Gasteiger partial charge in [0, 0.05) is 5.69 Å². The van der Waals surface area contributed by atoms with Crippen molar-refractivity contribution in [2.24, 2.45) is 0 Å². The number of benzene rings is 2. The number of carbonyl (C=O) groups excluding carboxylic acids is 2. The Bertz CT molecular complexity index is 962. The molecule has 0 aromatic heterocycles. The van der Waals surface area contributed by atoms with Crippen LogP contribution in [0.2, 0.25) is 0 Å². The molecule has 0 unspecified atom stereocenters. The van der Waals surface area contributed by atoms with Gasteiger partial charge in [0.2, 0.25) is 0 Å². The van der Waals surface area contributed by atoms with Gasteiger partial charge in [0.05, 0.1) is 5.41 Å². The van der Waals surface area contributed by atoms with Crippen molar-refractivity contribution >= 4 is 17.6 Å². The number of hydrogen-bond acceptors (Lipinski definition) is 5. The van der Waals surface area contributed by atoms with Gasteiger partial charge in [-0.25, -0.2) is 0 Å². The molecule has 30 heavy (non-hydrogen) atoms. The molecule has 1 saturated carbocycles. The molecule has 0 spiro atoms. The monoisotopic (exact) mass is 409 g/mol. The minimum atomic E-state index is -0.741. The first-order valence-corrected chi connectivity index (χ1v) is 10.4. The zero-order valence-electron chi connectivity index (χ0n) is 17.5. The number of ether oxygens (including phenoxy) is 3. The standard InChI is InChI=1S/C24H27NO5/c1-16-5-6-17(2)19(13-16)25-22(26)15-30-23(27)24(9-3-4-10-24)18-7-8-20-21(14-18)29-12-11-28-20/h5-8,13-14H,3-4,9-12,15H2,1-2H3,(H,25,26). The Morgan fingerprint density at radius 3 is 2.50 bits per heavy atom. The first-order chi connectivity index (χ1) is 14.5. The number of esters is 1. The summed E-state index contributed by atoms with van der Waals surface area (Å²) in [6, 6.07) is 11.5. The summed E-state index contributed by atoms with van der Waals surface area (Å²) in [5.41, 5.74) is 2.87. The Morgan fingerprint density at radius 1 is 1.00 bits per heavy atom. The molecule has 1 N–H and O–H groups in total. The van der Waals surface area contributed by atoms with Gasteiger partial charge in [-0.3, -0.25) is 9.59 Å². The van der Waals surface area contributed by atoms with Gasteiger partial charge in [-0.1, -0.05) is 31.0 Å². The minimum Gasteiger partial charge on any atom is -0.486 e. The third-order valence-electron chi connectivity index (χ3n) is 5.94. The Balaban J connectivity index is 1.46. The second-order valence-electron chi connectivity index (χ2n) is 8.09. The summed E-state index contributed by atoms with van der Waals surface area (Å²) < 4.78 is 16.8. The van der Waals surface area contributed by atoms with Gasteiger partial charge < -0.3 is 19.5 Å². The van der Waals surface area contributed by atoms with E-state index in [1.165, 1.54) is 0 Å². The van der Waals surface area contributed by atoms with E-state index in [9.17, 15) is 9.59 Å². The SMILES string of the molecule is Cc1ccc(C)c(NC(=O)COC(=O)C2(c3ccc4c(c3)OCCO4)CCCC2)c1. The van der Waals surface area contributed by atoms with E-state index in [0.717, 1.165) is 35.2 Å². The zero-order valence-corrected chi connectivity index (χ0v) is 17.5. The molecular weight excluding hydrogens is 382 g/mol. The van der Waals surface area contributed by atoms with E-state index in [4.69, 9.17) is 14.2 Å². The maximum Gasteiger partial charge on any atom is 0.317 e. The smallest absolute Gasteiger partial charge is 0.317 e. The van der Waals surface area contributed by atoms with Crippen LogP contribution in [0.1, 0.15) is 42.4 Å². The summed E-state index contributed by atoms with van der Waals surface area (Å²) in [6.45, 7) is 4.60. The van der Waals surface area contributed by atoms with Crippen molar-refractivity contribution in [1.29, 1.82) is 0 Å². The van der Waals surface area contributed by atoms with Gasteiger partial charge >= 0.3 is 5.97 Å².